The maximum Gasteiger partial charge on any atom is 0.319 e. The second-order valence-corrected chi connectivity index (χ2v) is 5.09. The smallest absolute Gasteiger partial charge is 0.319 e. The number of anilines is 1. The fourth-order valence-electron chi connectivity index (χ4n) is 1.18. The van der Waals surface area contributed by atoms with Crippen LogP contribution >= 0.6 is 0 Å². The number of hydrogen-bond donors (Lipinski definition) is 4. The lowest BCUT2D eigenvalue weighted by Gasteiger charge is -2.07. The summed E-state index contributed by atoms with van der Waals surface area (Å²) in [5, 5.41) is 18.5. The third-order valence-electron chi connectivity index (χ3n) is 2.06. The van der Waals surface area contributed by atoms with E-state index >= 15 is 0 Å². The molecule has 1 aromatic carbocycles. The molecule has 7 nitrogen and oxygen atoms in total. The van der Waals surface area contributed by atoms with Crippen LogP contribution in [-0.2, 0) is 10.0 Å². The van der Waals surface area contributed by atoms with E-state index in [4.69, 9.17) is 10.2 Å². The number of urea groups is 1. The van der Waals surface area contributed by atoms with Gasteiger partial charge in [0.15, 0.2) is 0 Å². The zero-order valence-electron chi connectivity index (χ0n) is 9.59. The Morgan fingerprint density at radius 1 is 1.28 bits per heavy atom. The average Bonchev–Trinajstić information content (AvgIpc) is 2.29. The summed E-state index contributed by atoms with van der Waals surface area (Å²) < 4.78 is 22.0. The lowest BCUT2D eigenvalue weighted by atomic mass is 10.3. The molecule has 5 N–H and O–H groups in total. The first-order valence-electron chi connectivity index (χ1n) is 5.22. The summed E-state index contributed by atoms with van der Waals surface area (Å²) in [7, 11) is -3.72. The van der Waals surface area contributed by atoms with Gasteiger partial charge in [-0.15, -0.1) is 0 Å². The van der Waals surface area contributed by atoms with Gasteiger partial charge < -0.3 is 15.7 Å². The molecule has 0 heterocycles. The van der Waals surface area contributed by atoms with Crippen LogP contribution in [0.4, 0.5) is 10.5 Å². The van der Waals surface area contributed by atoms with Crippen LogP contribution in [0.5, 0.6) is 0 Å². The van der Waals surface area contributed by atoms with Crippen LogP contribution in [0.2, 0.25) is 0 Å². The molecule has 0 aliphatic heterocycles. The number of aliphatic hydroxyl groups excluding tert-OH is 1. The lowest BCUT2D eigenvalue weighted by Crippen LogP contribution is -2.29. The highest BCUT2D eigenvalue weighted by Gasteiger charge is 2.07. The molecule has 0 radical (unpaired) electrons. The molecule has 0 aliphatic carbocycles. The predicted octanol–water partition coefficient (Wildman–Crippen LogP) is -0.162. The Hall–Kier alpha value is -1.64. The highest BCUT2D eigenvalue weighted by atomic mass is 32.2. The fourth-order valence-corrected chi connectivity index (χ4v) is 1.70. The molecule has 0 spiro atoms. The number of benzene rings is 1. The average molecular weight is 273 g/mol. The molecule has 0 saturated heterocycles. The Morgan fingerprint density at radius 2 is 1.89 bits per heavy atom. The number of carbonyl (C=O) groups is 1. The van der Waals surface area contributed by atoms with Crippen molar-refractivity contribution in [3.8, 4) is 0 Å². The predicted molar refractivity (Wildman–Crippen MR) is 66.5 cm³/mol. The minimum absolute atomic E-state index is 0.00331. The monoisotopic (exact) mass is 273 g/mol. The second-order valence-electron chi connectivity index (χ2n) is 3.53. The minimum atomic E-state index is -3.72. The molecule has 1 aromatic rings. The topological polar surface area (TPSA) is 122 Å². The number of nitrogens with two attached hydrogens (primary N) is 1. The van der Waals surface area contributed by atoms with Gasteiger partial charge >= 0.3 is 6.03 Å². The van der Waals surface area contributed by atoms with Gasteiger partial charge in [-0.1, -0.05) is 0 Å². The van der Waals surface area contributed by atoms with Crippen molar-refractivity contribution in [3.05, 3.63) is 24.3 Å². The highest BCUT2D eigenvalue weighted by molar-refractivity contribution is 7.89. The molecule has 1 rings (SSSR count). The van der Waals surface area contributed by atoms with Crippen LogP contribution in [0, 0.1) is 0 Å². The van der Waals surface area contributed by atoms with Gasteiger partial charge in [-0.05, 0) is 30.7 Å². The highest BCUT2D eigenvalue weighted by Crippen LogP contribution is 2.12. The van der Waals surface area contributed by atoms with E-state index < -0.39 is 16.1 Å². The van der Waals surface area contributed by atoms with Gasteiger partial charge in [0.05, 0.1) is 4.90 Å². The number of nitrogens with one attached hydrogen (secondary N) is 2. The van der Waals surface area contributed by atoms with E-state index in [0.29, 0.717) is 18.7 Å². The number of sulfonamides is 1. The van der Waals surface area contributed by atoms with E-state index in [9.17, 15) is 13.2 Å². The molecular weight excluding hydrogens is 258 g/mol. The van der Waals surface area contributed by atoms with Crippen LogP contribution in [0.3, 0.4) is 0 Å². The zero-order valence-corrected chi connectivity index (χ0v) is 10.4. The summed E-state index contributed by atoms with van der Waals surface area (Å²) in [4.78, 5) is 11.3. The Labute approximate surface area is 105 Å². The molecule has 0 saturated carbocycles. The van der Waals surface area contributed by atoms with Crippen LogP contribution in [-0.4, -0.2) is 32.7 Å². The molecular formula is C10H15N3O4S. The normalized spacial score (nSPS) is 11.0. The maximum atomic E-state index is 11.3. The van der Waals surface area contributed by atoms with Crippen molar-refractivity contribution in [3.63, 3.8) is 0 Å². The summed E-state index contributed by atoms with van der Waals surface area (Å²) in [5.74, 6) is 0. The summed E-state index contributed by atoms with van der Waals surface area (Å²) in [6, 6.07) is 5.06. The Morgan fingerprint density at radius 3 is 2.39 bits per heavy atom. The van der Waals surface area contributed by atoms with Gasteiger partial charge in [0.2, 0.25) is 10.0 Å². The Bertz CT molecular complexity index is 498. The molecule has 0 unspecified atom stereocenters. The molecule has 2 amide bonds. The molecule has 18 heavy (non-hydrogen) atoms. The first kappa shape index (κ1) is 14.4. The van der Waals surface area contributed by atoms with Crippen molar-refractivity contribution < 1.29 is 18.3 Å². The third-order valence-corrected chi connectivity index (χ3v) is 2.99. The van der Waals surface area contributed by atoms with Crippen molar-refractivity contribution in [2.24, 2.45) is 5.14 Å². The van der Waals surface area contributed by atoms with Crippen LogP contribution in [0.1, 0.15) is 6.42 Å². The van der Waals surface area contributed by atoms with Gasteiger partial charge in [-0.2, -0.15) is 0 Å². The molecule has 0 fully saturated rings. The number of carbonyl (C=O) groups excluding carboxylic acids is 1. The molecule has 0 atom stereocenters. The minimum Gasteiger partial charge on any atom is -0.396 e. The maximum absolute atomic E-state index is 11.3. The summed E-state index contributed by atoms with van der Waals surface area (Å²) in [5.41, 5.74) is 0.448. The van der Waals surface area contributed by atoms with Gasteiger partial charge in [0.1, 0.15) is 0 Å². The van der Waals surface area contributed by atoms with Crippen LogP contribution < -0.4 is 15.8 Å². The van der Waals surface area contributed by atoms with Crippen LogP contribution in [0.15, 0.2) is 29.2 Å². The molecule has 0 aliphatic rings. The van der Waals surface area contributed by atoms with Gasteiger partial charge in [0.25, 0.3) is 0 Å². The fraction of sp³-hybridized carbons (Fsp3) is 0.300. The standard InChI is InChI=1S/C10H15N3O4S/c11-18(16,17)9-4-2-8(3-5-9)13-10(15)12-6-1-7-14/h2-5,14H,1,6-7H2,(H2,11,16,17)(H2,12,13,15). The Kier molecular flexibility index (Phi) is 5.08. The summed E-state index contributed by atoms with van der Waals surface area (Å²) >= 11 is 0. The number of primary sulfonamides is 1. The first-order chi connectivity index (χ1) is 8.43. The second kappa shape index (κ2) is 6.34. The van der Waals surface area contributed by atoms with Crippen molar-refractivity contribution in [1.82, 2.24) is 5.32 Å². The molecule has 0 aromatic heterocycles. The summed E-state index contributed by atoms with van der Waals surface area (Å²) in [6.45, 7) is 0.362. The van der Waals surface area contributed by atoms with E-state index in [1.54, 1.807) is 0 Å². The van der Waals surface area contributed by atoms with Crippen molar-refractivity contribution >= 4 is 21.7 Å². The number of amides is 2. The van der Waals surface area contributed by atoms with E-state index in [0.717, 1.165) is 0 Å². The Balaban J connectivity index is 2.56. The lowest BCUT2D eigenvalue weighted by molar-refractivity contribution is 0.249. The SMILES string of the molecule is NS(=O)(=O)c1ccc(NC(=O)NCCCO)cc1. The van der Waals surface area contributed by atoms with Gasteiger partial charge in [-0.3, -0.25) is 0 Å². The van der Waals surface area contributed by atoms with Crippen molar-refractivity contribution in [2.45, 2.75) is 11.3 Å². The summed E-state index contributed by atoms with van der Waals surface area (Å²) in [6.07, 6.45) is 0.470. The zero-order chi connectivity index (χ0) is 13.6. The van der Waals surface area contributed by atoms with E-state index in [-0.39, 0.29) is 11.5 Å². The van der Waals surface area contributed by atoms with E-state index in [1.165, 1.54) is 24.3 Å². The van der Waals surface area contributed by atoms with Gasteiger partial charge in [-0.25, -0.2) is 18.4 Å². The number of aliphatic hydroxyl groups is 1. The largest absolute Gasteiger partial charge is 0.396 e. The molecule has 100 valence electrons. The van der Waals surface area contributed by atoms with Crippen molar-refractivity contribution in [1.29, 1.82) is 0 Å². The quantitative estimate of drug-likeness (QED) is 0.557. The van der Waals surface area contributed by atoms with E-state index in [1.807, 2.05) is 0 Å². The van der Waals surface area contributed by atoms with Crippen molar-refractivity contribution in [2.75, 3.05) is 18.5 Å². The van der Waals surface area contributed by atoms with E-state index in [2.05, 4.69) is 10.6 Å². The number of hydrogen-bond acceptors (Lipinski definition) is 4. The number of rotatable bonds is 5. The first-order valence-corrected chi connectivity index (χ1v) is 6.76. The van der Waals surface area contributed by atoms with Gasteiger partial charge in [0, 0.05) is 18.8 Å². The molecule has 0 bridgehead atoms. The molecule has 8 heteroatoms. The third kappa shape index (κ3) is 4.70. The van der Waals surface area contributed by atoms with Crippen LogP contribution in [0.25, 0.3) is 0 Å².